The largest absolute Gasteiger partial charge is 0.494 e. The Bertz CT molecular complexity index is 1730. The molecule has 2 aliphatic rings. The van der Waals surface area contributed by atoms with Crippen molar-refractivity contribution in [3.63, 3.8) is 0 Å². The number of anilines is 5. The quantitative estimate of drug-likeness (QED) is 0.219. The van der Waals surface area contributed by atoms with Gasteiger partial charge in [0.1, 0.15) is 29.5 Å². The molecule has 0 saturated carbocycles. The van der Waals surface area contributed by atoms with E-state index < -0.39 is 11.6 Å². The third-order valence-electron chi connectivity index (χ3n) is 8.12. The number of carbonyl (C=O) groups is 1. The third-order valence-corrected chi connectivity index (χ3v) is 8.12. The maximum absolute atomic E-state index is 13.9. The van der Waals surface area contributed by atoms with Crippen LogP contribution < -0.4 is 25.3 Å². The summed E-state index contributed by atoms with van der Waals surface area (Å²) in [6.45, 7) is 7.46. The van der Waals surface area contributed by atoms with Gasteiger partial charge in [0, 0.05) is 50.8 Å². The molecule has 1 atom stereocenters. The molecule has 0 spiro atoms. The highest BCUT2D eigenvalue weighted by atomic mass is 19.1. The summed E-state index contributed by atoms with van der Waals surface area (Å²) >= 11 is 0. The highest BCUT2D eigenvalue weighted by Crippen LogP contribution is 2.40. The van der Waals surface area contributed by atoms with Crippen molar-refractivity contribution in [1.82, 2.24) is 14.9 Å². The van der Waals surface area contributed by atoms with Gasteiger partial charge in [0.15, 0.2) is 5.82 Å². The van der Waals surface area contributed by atoms with Gasteiger partial charge in [-0.05, 0) is 54.1 Å². The van der Waals surface area contributed by atoms with E-state index in [1.54, 1.807) is 18.2 Å². The normalized spacial score (nSPS) is 16.7. The highest BCUT2D eigenvalue weighted by molar-refractivity contribution is 6.02. The second-order valence-corrected chi connectivity index (χ2v) is 11.2. The summed E-state index contributed by atoms with van der Waals surface area (Å²) in [7, 11) is 3.68. The van der Waals surface area contributed by atoms with Crippen LogP contribution in [0.2, 0.25) is 0 Å². The van der Waals surface area contributed by atoms with Crippen LogP contribution in [-0.4, -0.2) is 67.7 Å². The number of piperazine rings is 1. The van der Waals surface area contributed by atoms with Crippen LogP contribution in [-0.2, 0) is 9.63 Å². The molecule has 6 rings (SSSR count). The summed E-state index contributed by atoms with van der Waals surface area (Å²) in [5.74, 6) is -0.00220. The lowest BCUT2D eigenvalue weighted by atomic mass is 9.98. The molecular formula is C34H35F2N7O3. The van der Waals surface area contributed by atoms with Gasteiger partial charge in [-0.2, -0.15) is 0 Å². The summed E-state index contributed by atoms with van der Waals surface area (Å²) in [6, 6.07) is 16.3. The summed E-state index contributed by atoms with van der Waals surface area (Å²) < 4.78 is 33.6. The van der Waals surface area contributed by atoms with E-state index in [1.165, 1.54) is 24.5 Å². The van der Waals surface area contributed by atoms with Crippen molar-refractivity contribution in [3.8, 4) is 16.9 Å². The molecule has 2 fully saturated rings. The lowest BCUT2D eigenvalue weighted by Crippen LogP contribution is -2.44. The minimum absolute atomic E-state index is 0.195. The molecule has 2 saturated heterocycles. The first-order chi connectivity index (χ1) is 22.3. The van der Waals surface area contributed by atoms with Crippen molar-refractivity contribution >= 4 is 34.6 Å². The molecule has 3 aromatic carbocycles. The van der Waals surface area contributed by atoms with Crippen LogP contribution in [0.5, 0.6) is 5.75 Å². The number of rotatable bonds is 9. The van der Waals surface area contributed by atoms with E-state index in [4.69, 9.17) is 9.57 Å². The van der Waals surface area contributed by atoms with Crippen molar-refractivity contribution in [2.45, 2.75) is 12.5 Å². The maximum atomic E-state index is 13.9. The molecule has 0 radical (unpaired) electrons. The maximum Gasteiger partial charge on any atom is 0.247 e. The van der Waals surface area contributed by atoms with Crippen molar-refractivity contribution < 1.29 is 23.1 Å². The Hall–Kier alpha value is -5.07. The summed E-state index contributed by atoms with van der Waals surface area (Å²) in [4.78, 5) is 31.8. The zero-order chi connectivity index (χ0) is 32.2. The number of hydrogen-bond donors (Lipinski definition) is 2. The van der Waals surface area contributed by atoms with Crippen LogP contribution in [0.1, 0.15) is 18.0 Å². The van der Waals surface area contributed by atoms with Crippen molar-refractivity contribution in [3.05, 3.63) is 96.8 Å². The van der Waals surface area contributed by atoms with Crippen LogP contribution in [0.25, 0.3) is 11.1 Å². The van der Waals surface area contributed by atoms with Gasteiger partial charge in [0.2, 0.25) is 5.91 Å². The van der Waals surface area contributed by atoms with Crippen molar-refractivity contribution in [1.29, 1.82) is 0 Å². The summed E-state index contributed by atoms with van der Waals surface area (Å²) in [6.07, 6.45) is 3.36. The molecule has 46 heavy (non-hydrogen) atoms. The van der Waals surface area contributed by atoms with Gasteiger partial charge in [-0.15, -0.1) is 0 Å². The van der Waals surface area contributed by atoms with Crippen LogP contribution in [0, 0.1) is 11.6 Å². The molecule has 4 aromatic rings. The smallest absolute Gasteiger partial charge is 0.247 e. The number of hydroxylamine groups is 1. The van der Waals surface area contributed by atoms with Crippen molar-refractivity contribution in [2.75, 3.05) is 67.5 Å². The predicted molar refractivity (Wildman–Crippen MR) is 174 cm³/mol. The van der Waals surface area contributed by atoms with Crippen LogP contribution in [0.15, 0.2) is 79.6 Å². The average Bonchev–Trinajstić information content (AvgIpc) is 3.55. The molecule has 238 valence electrons. The van der Waals surface area contributed by atoms with E-state index in [-0.39, 0.29) is 11.9 Å². The second-order valence-electron chi connectivity index (χ2n) is 11.2. The first kappa shape index (κ1) is 30.9. The minimum atomic E-state index is -0.631. The number of amides is 1. The molecule has 1 aromatic heterocycles. The lowest BCUT2D eigenvalue weighted by molar-refractivity contribution is -0.111. The van der Waals surface area contributed by atoms with Gasteiger partial charge in [0.25, 0.3) is 0 Å². The Morgan fingerprint density at radius 2 is 1.78 bits per heavy atom. The van der Waals surface area contributed by atoms with Gasteiger partial charge in [-0.3, -0.25) is 9.63 Å². The molecule has 2 N–H and O–H groups in total. The van der Waals surface area contributed by atoms with E-state index in [1.807, 2.05) is 36.4 Å². The number of likely N-dealkylation sites (N-methyl/N-ethyl adjacent to an activating group) is 1. The fraction of sp³-hybridized carbons (Fsp3) is 0.265. The van der Waals surface area contributed by atoms with Gasteiger partial charge >= 0.3 is 0 Å². The monoisotopic (exact) mass is 627 g/mol. The number of ether oxygens (including phenoxy) is 1. The number of nitrogens with zero attached hydrogens (tertiary/aromatic N) is 5. The minimum Gasteiger partial charge on any atom is -0.494 e. The first-order valence-corrected chi connectivity index (χ1v) is 15.0. The second kappa shape index (κ2) is 13.5. The number of benzene rings is 3. The number of hydrogen-bond acceptors (Lipinski definition) is 9. The molecule has 10 nitrogen and oxygen atoms in total. The van der Waals surface area contributed by atoms with Crippen LogP contribution >= 0.6 is 0 Å². The Balaban J connectivity index is 1.27. The average molecular weight is 628 g/mol. The Kier molecular flexibility index (Phi) is 9.08. The molecular weight excluding hydrogens is 592 g/mol. The zero-order valence-electron chi connectivity index (χ0n) is 25.7. The Labute approximate surface area is 266 Å². The molecule has 12 heteroatoms. The fourth-order valence-electron chi connectivity index (χ4n) is 5.75. The number of carbonyl (C=O) groups excluding carboxylic acids is 1. The van der Waals surface area contributed by atoms with Gasteiger partial charge in [0.05, 0.1) is 36.8 Å². The summed E-state index contributed by atoms with van der Waals surface area (Å²) in [5.41, 5.74) is 4.13. The SMILES string of the molecule is C=CC(=O)Nc1cc(Nc2cc(N3OCCC3c3cccc(-c4cc(F)cc(F)c4)c3)ncn2)c(OC)cc1N1CCN(C)CC1. The van der Waals surface area contributed by atoms with E-state index in [2.05, 4.69) is 44.0 Å². The van der Waals surface area contributed by atoms with Gasteiger partial charge in [-0.1, -0.05) is 24.8 Å². The number of methoxy groups -OCH3 is 1. The van der Waals surface area contributed by atoms with Gasteiger partial charge < -0.3 is 25.2 Å². The highest BCUT2D eigenvalue weighted by Gasteiger charge is 2.30. The fourth-order valence-corrected chi connectivity index (χ4v) is 5.75. The molecule has 0 bridgehead atoms. The lowest BCUT2D eigenvalue weighted by Gasteiger charge is -2.35. The molecule has 1 amide bonds. The zero-order valence-corrected chi connectivity index (χ0v) is 25.7. The molecule has 3 heterocycles. The first-order valence-electron chi connectivity index (χ1n) is 15.0. The van der Waals surface area contributed by atoms with E-state index in [0.717, 1.165) is 43.5 Å². The van der Waals surface area contributed by atoms with Gasteiger partial charge in [-0.25, -0.2) is 23.8 Å². The number of halogens is 2. The number of nitrogens with one attached hydrogen (secondary N) is 2. The van der Waals surface area contributed by atoms with Crippen LogP contribution in [0.3, 0.4) is 0 Å². The van der Waals surface area contributed by atoms with Crippen molar-refractivity contribution in [2.24, 2.45) is 0 Å². The summed E-state index contributed by atoms with van der Waals surface area (Å²) in [5, 5.41) is 7.98. The van der Waals surface area contributed by atoms with E-state index in [9.17, 15) is 13.6 Å². The predicted octanol–water partition coefficient (Wildman–Crippen LogP) is 5.93. The topological polar surface area (TPSA) is 95.1 Å². The molecule has 1 unspecified atom stereocenters. The Morgan fingerprint density at radius 1 is 1.00 bits per heavy atom. The number of aromatic nitrogens is 2. The molecule has 2 aliphatic heterocycles. The van der Waals surface area contributed by atoms with E-state index in [0.29, 0.717) is 52.9 Å². The molecule has 0 aliphatic carbocycles. The standard InChI is InChI=1S/C34H35F2N7O3/c1-4-34(44)40-27-18-28(31(45-3)19-30(27)42-11-9-41(2)10-12-42)39-32-20-33(38-21-37-32)43-29(8-13-46-43)23-7-5-6-22(14-23)24-15-25(35)17-26(36)16-24/h4-7,14-21,29H,1,8-13H2,2-3H3,(H,40,44)(H,37,38,39). The Morgan fingerprint density at radius 3 is 2.52 bits per heavy atom. The van der Waals surface area contributed by atoms with Crippen LogP contribution in [0.4, 0.5) is 37.5 Å². The third kappa shape index (κ3) is 6.77. The van der Waals surface area contributed by atoms with E-state index >= 15 is 0 Å².